The van der Waals surface area contributed by atoms with Gasteiger partial charge in [-0.2, -0.15) is 0 Å². The molecule has 4 rings (SSSR count). The molecule has 29 heavy (non-hydrogen) atoms. The lowest BCUT2D eigenvalue weighted by atomic mass is 10.1. The second-order valence-corrected chi connectivity index (χ2v) is 6.94. The Kier molecular flexibility index (Phi) is 5.74. The van der Waals surface area contributed by atoms with E-state index in [9.17, 15) is 9.59 Å². The van der Waals surface area contributed by atoms with Crippen LogP contribution in [0.2, 0.25) is 0 Å². The van der Waals surface area contributed by atoms with Crippen molar-refractivity contribution in [3.8, 4) is 11.5 Å². The molecule has 2 heterocycles. The van der Waals surface area contributed by atoms with Crippen molar-refractivity contribution in [2.45, 2.75) is 25.7 Å². The molecule has 0 spiro atoms. The molecule has 0 unspecified atom stereocenters. The number of ether oxygens (including phenoxy) is 2. The van der Waals surface area contributed by atoms with E-state index in [-0.39, 0.29) is 24.5 Å². The third-order valence-corrected chi connectivity index (χ3v) is 4.77. The summed E-state index contributed by atoms with van der Waals surface area (Å²) in [6, 6.07) is 13.0. The first-order valence-corrected chi connectivity index (χ1v) is 9.82. The molecule has 0 radical (unpaired) electrons. The number of ketones is 1. The van der Waals surface area contributed by atoms with Crippen molar-refractivity contribution in [3.05, 3.63) is 53.9 Å². The summed E-state index contributed by atoms with van der Waals surface area (Å²) in [6.45, 7) is 1.64. The number of H-pyrrole nitrogens is 1. The van der Waals surface area contributed by atoms with E-state index < -0.39 is 0 Å². The normalized spacial score (nSPS) is 13.1. The molecule has 7 heteroatoms. The molecule has 1 aromatic heterocycles. The van der Waals surface area contributed by atoms with Crippen LogP contribution in [0.3, 0.4) is 0 Å². The molecule has 7 nitrogen and oxygen atoms in total. The van der Waals surface area contributed by atoms with Gasteiger partial charge in [-0.05, 0) is 30.3 Å². The van der Waals surface area contributed by atoms with Gasteiger partial charge < -0.3 is 19.8 Å². The van der Waals surface area contributed by atoms with Crippen molar-refractivity contribution in [2.24, 2.45) is 0 Å². The second-order valence-electron chi connectivity index (χ2n) is 6.94. The molecule has 2 N–H and O–H groups in total. The number of Topliss-reactive ketones (excluding diaryl/α,β-unsaturated/α-hetero) is 1. The van der Waals surface area contributed by atoms with Gasteiger partial charge in [0.05, 0.1) is 24.2 Å². The zero-order valence-corrected chi connectivity index (χ0v) is 16.1. The highest BCUT2D eigenvalue weighted by Gasteiger charge is 2.15. The van der Waals surface area contributed by atoms with Crippen molar-refractivity contribution in [1.29, 1.82) is 0 Å². The van der Waals surface area contributed by atoms with Crippen LogP contribution in [0.15, 0.2) is 42.5 Å². The van der Waals surface area contributed by atoms with Gasteiger partial charge in [0.25, 0.3) is 0 Å². The minimum Gasteiger partial charge on any atom is -0.490 e. The molecule has 0 aliphatic carbocycles. The van der Waals surface area contributed by atoms with Gasteiger partial charge in [0.2, 0.25) is 5.91 Å². The molecule has 1 aliphatic rings. The predicted molar refractivity (Wildman–Crippen MR) is 108 cm³/mol. The predicted octanol–water partition coefficient (Wildman–Crippen LogP) is 3.05. The second kappa shape index (κ2) is 8.77. The van der Waals surface area contributed by atoms with Crippen LogP contribution in [-0.2, 0) is 11.2 Å². The Labute approximate surface area is 168 Å². The fraction of sp³-hybridized carbons (Fsp3) is 0.318. The van der Waals surface area contributed by atoms with Gasteiger partial charge in [-0.1, -0.05) is 12.1 Å². The first-order valence-electron chi connectivity index (χ1n) is 9.82. The SMILES string of the molecule is O=C(CCC(=O)c1ccc2c(c1)OCCCO2)NCCc1nc2ccccc2[nH]1. The number of benzene rings is 2. The minimum absolute atomic E-state index is 0.0897. The van der Waals surface area contributed by atoms with Crippen LogP contribution in [0.5, 0.6) is 11.5 Å². The van der Waals surface area contributed by atoms with Crippen molar-refractivity contribution < 1.29 is 19.1 Å². The van der Waals surface area contributed by atoms with E-state index in [0.29, 0.717) is 43.2 Å². The quantitative estimate of drug-likeness (QED) is 0.602. The molecule has 0 fully saturated rings. The average Bonchev–Trinajstić information content (AvgIpc) is 3.00. The molecule has 150 valence electrons. The number of aromatic amines is 1. The lowest BCUT2D eigenvalue weighted by molar-refractivity contribution is -0.121. The number of hydrogen-bond acceptors (Lipinski definition) is 5. The number of amides is 1. The van der Waals surface area contributed by atoms with Crippen molar-refractivity contribution in [3.63, 3.8) is 0 Å². The van der Waals surface area contributed by atoms with Crippen molar-refractivity contribution in [1.82, 2.24) is 15.3 Å². The van der Waals surface area contributed by atoms with Crippen LogP contribution in [0.1, 0.15) is 35.4 Å². The molecule has 0 atom stereocenters. The Hall–Kier alpha value is -3.35. The average molecular weight is 393 g/mol. The van der Waals surface area contributed by atoms with Crippen LogP contribution in [0, 0.1) is 0 Å². The number of nitrogens with zero attached hydrogens (tertiary/aromatic N) is 1. The van der Waals surface area contributed by atoms with Gasteiger partial charge in [-0.15, -0.1) is 0 Å². The molecule has 1 aliphatic heterocycles. The highest BCUT2D eigenvalue weighted by atomic mass is 16.5. The fourth-order valence-corrected chi connectivity index (χ4v) is 3.24. The van der Waals surface area contributed by atoms with Crippen LogP contribution < -0.4 is 14.8 Å². The summed E-state index contributed by atoms with van der Waals surface area (Å²) in [4.78, 5) is 32.2. The van der Waals surface area contributed by atoms with Crippen LogP contribution in [0.25, 0.3) is 11.0 Å². The highest BCUT2D eigenvalue weighted by Crippen LogP contribution is 2.30. The van der Waals surface area contributed by atoms with Crippen LogP contribution in [0.4, 0.5) is 0 Å². The number of aromatic nitrogens is 2. The van der Waals surface area contributed by atoms with Crippen molar-refractivity contribution in [2.75, 3.05) is 19.8 Å². The largest absolute Gasteiger partial charge is 0.490 e. The molecule has 2 aromatic carbocycles. The smallest absolute Gasteiger partial charge is 0.220 e. The van der Waals surface area contributed by atoms with Gasteiger partial charge in [0.15, 0.2) is 17.3 Å². The Morgan fingerprint density at radius 2 is 1.86 bits per heavy atom. The molecule has 0 bridgehead atoms. The molecule has 1 amide bonds. The number of carbonyl (C=O) groups is 2. The number of carbonyl (C=O) groups excluding carboxylic acids is 2. The topological polar surface area (TPSA) is 93.3 Å². The van der Waals surface area contributed by atoms with E-state index in [1.54, 1.807) is 18.2 Å². The zero-order chi connectivity index (χ0) is 20.1. The number of fused-ring (bicyclic) bond motifs is 2. The van der Waals surface area contributed by atoms with Gasteiger partial charge >= 0.3 is 0 Å². The lowest BCUT2D eigenvalue weighted by Gasteiger charge is -2.09. The summed E-state index contributed by atoms with van der Waals surface area (Å²) in [5, 5.41) is 2.84. The third kappa shape index (κ3) is 4.74. The van der Waals surface area contributed by atoms with Crippen LogP contribution >= 0.6 is 0 Å². The van der Waals surface area contributed by atoms with E-state index in [2.05, 4.69) is 15.3 Å². The first-order chi connectivity index (χ1) is 14.2. The first kappa shape index (κ1) is 19.0. The number of para-hydroxylation sites is 2. The summed E-state index contributed by atoms with van der Waals surface area (Å²) in [7, 11) is 0. The Balaban J connectivity index is 1.24. The Bertz CT molecular complexity index is 995. The maximum atomic E-state index is 12.4. The minimum atomic E-state index is -0.149. The third-order valence-electron chi connectivity index (χ3n) is 4.77. The zero-order valence-electron chi connectivity index (χ0n) is 16.1. The van der Waals surface area contributed by atoms with Gasteiger partial charge in [0.1, 0.15) is 5.82 Å². The summed E-state index contributed by atoms with van der Waals surface area (Å²) in [5.74, 6) is 1.83. The van der Waals surface area contributed by atoms with Gasteiger partial charge in [-0.25, -0.2) is 4.98 Å². The van der Waals surface area contributed by atoms with Crippen LogP contribution in [-0.4, -0.2) is 41.4 Å². The van der Waals surface area contributed by atoms with E-state index in [0.717, 1.165) is 23.3 Å². The fourth-order valence-electron chi connectivity index (χ4n) is 3.24. The van der Waals surface area contributed by atoms with E-state index in [4.69, 9.17) is 9.47 Å². The summed E-state index contributed by atoms with van der Waals surface area (Å²) < 4.78 is 11.2. The number of hydrogen-bond donors (Lipinski definition) is 2. The summed E-state index contributed by atoms with van der Waals surface area (Å²) >= 11 is 0. The highest BCUT2D eigenvalue weighted by molar-refractivity contribution is 5.98. The molecular formula is C22H23N3O4. The summed E-state index contributed by atoms with van der Waals surface area (Å²) in [5.41, 5.74) is 2.42. The Morgan fingerprint density at radius 3 is 2.72 bits per heavy atom. The van der Waals surface area contributed by atoms with E-state index in [1.165, 1.54) is 0 Å². The van der Waals surface area contributed by atoms with E-state index >= 15 is 0 Å². The van der Waals surface area contributed by atoms with E-state index in [1.807, 2.05) is 24.3 Å². The monoisotopic (exact) mass is 393 g/mol. The molecular weight excluding hydrogens is 370 g/mol. The van der Waals surface area contributed by atoms with Gasteiger partial charge in [-0.3, -0.25) is 9.59 Å². The maximum Gasteiger partial charge on any atom is 0.220 e. The molecule has 0 saturated heterocycles. The molecule has 3 aromatic rings. The standard InChI is InChI=1S/C22H23N3O4/c26-18(15-6-8-19-20(14-15)29-13-3-12-28-19)7-9-22(27)23-11-10-21-24-16-4-1-2-5-17(16)25-21/h1-2,4-6,8,14H,3,7,9-13H2,(H,23,27)(H,24,25). The lowest BCUT2D eigenvalue weighted by Crippen LogP contribution is -2.26. The van der Waals surface area contributed by atoms with Gasteiger partial charge in [0, 0.05) is 37.8 Å². The maximum absolute atomic E-state index is 12.4. The van der Waals surface area contributed by atoms with Crippen molar-refractivity contribution >= 4 is 22.7 Å². The number of imidazole rings is 1. The number of nitrogens with one attached hydrogen (secondary N) is 2. The summed E-state index contributed by atoms with van der Waals surface area (Å²) in [6.07, 6.45) is 1.71. The number of rotatable bonds is 7. The Morgan fingerprint density at radius 1 is 1.03 bits per heavy atom. The molecule has 0 saturated carbocycles.